The molecule has 13 heavy (non-hydrogen) atoms. The Morgan fingerprint density at radius 2 is 2.00 bits per heavy atom. The molecule has 0 aromatic carbocycles. The summed E-state index contributed by atoms with van der Waals surface area (Å²) in [6.45, 7) is 2.70. The Balaban J connectivity index is 1.86. The van der Waals surface area contributed by atoms with Crippen LogP contribution in [0.4, 0.5) is 0 Å². The molecular formula is C11H20BrN. The molecule has 1 heterocycles. The van der Waals surface area contributed by atoms with Crippen molar-refractivity contribution in [3.63, 3.8) is 0 Å². The molecule has 2 unspecified atom stereocenters. The Morgan fingerprint density at radius 1 is 1.15 bits per heavy atom. The third-order valence-corrected chi connectivity index (χ3v) is 4.25. The molecule has 2 atom stereocenters. The van der Waals surface area contributed by atoms with Crippen LogP contribution in [0.5, 0.6) is 0 Å². The molecule has 0 radical (unpaired) electrons. The molecule has 0 aromatic heterocycles. The van der Waals surface area contributed by atoms with Gasteiger partial charge >= 0.3 is 0 Å². The van der Waals surface area contributed by atoms with E-state index in [0.717, 1.165) is 12.0 Å². The molecule has 76 valence electrons. The smallest absolute Gasteiger partial charge is 0.0123 e. The summed E-state index contributed by atoms with van der Waals surface area (Å²) in [5.74, 6) is 1.06. The lowest BCUT2D eigenvalue weighted by molar-refractivity contribution is 0.114. The molecule has 1 aliphatic carbocycles. The van der Waals surface area contributed by atoms with Crippen LogP contribution in [0, 0.1) is 5.92 Å². The van der Waals surface area contributed by atoms with E-state index in [1.54, 1.807) is 0 Å². The molecule has 0 N–H and O–H groups in total. The summed E-state index contributed by atoms with van der Waals surface area (Å²) in [6.07, 6.45) is 8.75. The number of nitrogens with zero attached hydrogens (tertiary/aromatic N) is 1. The van der Waals surface area contributed by atoms with Crippen molar-refractivity contribution in [2.24, 2.45) is 5.92 Å². The highest BCUT2D eigenvalue weighted by Crippen LogP contribution is 2.36. The predicted octanol–water partition coefficient (Wildman–Crippen LogP) is 3.04. The molecule has 1 saturated heterocycles. The van der Waals surface area contributed by atoms with E-state index in [4.69, 9.17) is 0 Å². The first-order chi connectivity index (χ1) is 6.42. The molecule has 0 spiro atoms. The highest BCUT2D eigenvalue weighted by molar-refractivity contribution is 9.09. The Kier molecular flexibility index (Phi) is 3.67. The summed E-state index contributed by atoms with van der Waals surface area (Å²) in [7, 11) is 0. The number of likely N-dealkylation sites (tertiary alicyclic amines) is 1. The quantitative estimate of drug-likeness (QED) is 0.692. The SMILES string of the molecule is BrCCCN1CCCC2CCCC21. The molecular weight excluding hydrogens is 226 g/mol. The zero-order valence-corrected chi connectivity index (χ0v) is 9.93. The van der Waals surface area contributed by atoms with Crippen LogP contribution in [-0.2, 0) is 0 Å². The molecule has 0 amide bonds. The van der Waals surface area contributed by atoms with Gasteiger partial charge in [0.15, 0.2) is 0 Å². The van der Waals surface area contributed by atoms with E-state index < -0.39 is 0 Å². The van der Waals surface area contributed by atoms with Gasteiger partial charge in [0, 0.05) is 11.4 Å². The molecule has 0 bridgehead atoms. The van der Waals surface area contributed by atoms with Crippen LogP contribution in [-0.4, -0.2) is 29.4 Å². The van der Waals surface area contributed by atoms with Crippen LogP contribution in [0.2, 0.25) is 0 Å². The zero-order chi connectivity index (χ0) is 9.10. The number of hydrogen-bond donors (Lipinski definition) is 0. The van der Waals surface area contributed by atoms with Crippen LogP contribution in [0.15, 0.2) is 0 Å². The van der Waals surface area contributed by atoms with Gasteiger partial charge in [0.05, 0.1) is 0 Å². The van der Waals surface area contributed by atoms with Gasteiger partial charge in [0.2, 0.25) is 0 Å². The highest BCUT2D eigenvalue weighted by Gasteiger charge is 2.34. The van der Waals surface area contributed by atoms with Crippen LogP contribution in [0.3, 0.4) is 0 Å². The van der Waals surface area contributed by atoms with Gasteiger partial charge in [-0.15, -0.1) is 0 Å². The Bertz CT molecular complexity index is 160. The van der Waals surface area contributed by atoms with E-state index in [1.807, 2.05) is 0 Å². The summed E-state index contributed by atoms with van der Waals surface area (Å²) in [5.41, 5.74) is 0. The van der Waals surface area contributed by atoms with Crippen LogP contribution < -0.4 is 0 Å². The number of fused-ring (bicyclic) bond motifs is 1. The second-order valence-electron chi connectivity index (χ2n) is 4.48. The molecule has 2 fully saturated rings. The Morgan fingerprint density at radius 3 is 2.85 bits per heavy atom. The van der Waals surface area contributed by atoms with Gasteiger partial charge < -0.3 is 4.90 Å². The maximum atomic E-state index is 3.52. The summed E-state index contributed by atoms with van der Waals surface area (Å²) >= 11 is 3.52. The monoisotopic (exact) mass is 245 g/mol. The maximum absolute atomic E-state index is 3.52. The van der Waals surface area contributed by atoms with E-state index in [2.05, 4.69) is 20.8 Å². The number of rotatable bonds is 3. The lowest BCUT2D eigenvalue weighted by Gasteiger charge is -2.37. The van der Waals surface area contributed by atoms with Crippen molar-refractivity contribution in [2.45, 2.75) is 44.6 Å². The fraction of sp³-hybridized carbons (Fsp3) is 1.00. The summed E-state index contributed by atoms with van der Waals surface area (Å²) < 4.78 is 0. The van der Waals surface area contributed by atoms with E-state index in [1.165, 1.54) is 56.9 Å². The van der Waals surface area contributed by atoms with Gasteiger partial charge in [-0.1, -0.05) is 22.4 Å². The normalized spacial score (nSPS) is 34.8. The molecule has 1 aliphatic heterocycles. The van der Waals surface area contributed by atoms with Crippen LogP contribution >= 0.6 is 15.9 Å². The minimum Gasteiger partial charge on any atom is -0.300 e. The minimum atomic E-state index is 0.966. The second-order valence-corrected chi connectivity index (χ2v) is 5.27. The summed E-state index contributed by atoms with van der Waals surface area (Å²) in [5, 5.41) is 1.17. The standard InChI is InChI=1S/C11H20BrN/c12-7-3-9-13-8-2-5-10-4-1-6-11(10)13/h10-11H,1-9H2. The molecule has 1 saturated carbocycles. The molecule has 2 heteroatoms. The second kappa shape index (κ2) is 4.79. The lowest BCUT2D eigenvalue weighted by Crippen LogP contribution is -2.42. The number of hydrogen-bond acceptors (Lipinski definition) is 1. The fourth-order valence-electron chi connectivity index (χ4n) is 3.10. The number of halogens is 1. The molecule has 0 aromatic rings. The van der Waals surface area contributed by atoms with E-state index in [-0.39, 0.29) is 0 Å². The van der Waals surface area contributed by atoms with Gasteiger partial charge in [-0.3, -0.25) is 0 Å². The van der Waals surface area contributed by atoms with Gasteiger partial charge in [-0.2, -0.15) is 0 Å². The molecule has 1 nitrogen and oxygen atoms in total. The number of alkyl halides is 1. The van der Waals surface area contributed by atoms with Crippen molar-refractivity contribution in [1.82, 2.24) is 4.90 Å². The van der Waals surface area contributed by atoms with Crippen molar-refractivity contribution >= 4 is 15.9 Å². The molecule has 2 rings (SSSR count). The van der Waals surface area contributed by atoms with Crippen molar-refractivity contribution in [2.75, 3.05) is 18.4 Å². The van der Waals surface area contributed by atoms with Crippen molar-refractivity contribution in [3.8, 4) is 0 Å². The van der Waals surface area contributed by atoms with Gasteiger partial charge in [-0.05, 0) is 51.1 Å². The van der Waals surface area contributed by atoms with Gasteiger partial charge in [0.25, 0.3) is 0 Å². The first-order valence-corrected chi connectivity index (χ1v) is 6.84. The maximum Gasteiger partial charge on any atom is 0.0123 e. The first kappa shape index (κ1) is 9.97. The average molecular weight is 246 g/mol. The predicted molar refractivity (Wildman–Crippen MR) is 60.3 cm³/mol. The van der Waals surface area contributed by atoms with Crippen LogP contribution in [0.25, 0.3) is 0 Å². The van der Waals surface area contributed by atoms with Gasteiger partial charge in [0.1, 0.15) is 0 Å². The van der Waals surface area contributed by atoms with E-state index >= 15 is 0 Å². The number of piperidine rings is 1. The topological polar surface area (TPSA) is 3.24 Å². The van der Waals surface area contributed by atoms with Crippen LogP contribution in [0.1, 0.15) is 38.5 Å². The summed E-state index contributed by atoms with van der Waals surface area (Å²) in [4.78, 5) is 2.75. The largest absolute Gasteiger partial charge is 0.300 e. The lowest BCUT2D eigenvalue weighted by atomic mass is 9.92. The third kappa shape index (κ3) is 2.27. The summed E-state index contributed by atoms with van der Waals surface area (Å²) in [6, 6.07) is 0.966. The highest BCUT2D eigenvalue weighted by atomic mass is 79.9. The van der Waals surface area contributed by atoms with E-state index in [9.17, 15) is 0 Å². The Hall–Kier alpha value is 0.440. The Labute approximate surface area is 90.0 Å². The minimum absolute atomic E-state index is 0.966. The molecule has 2 aliphatic rings. The van der Waals surface area contributed by atoms with Crippen molar-refractivity contribution in [3.05, 3.63) is 0 Å². The van der Waals surface area contributed by atoms with Crippen molar-refractivity contribution in [1.29, 1.82) is 0 Å². The van der Waals surface area contributed by atoms with Gasteiger partial charge in [-0.25, -0.2) is 0 Å². The van der Waals surface area contributed by atoms with Crippen molar-refractivity contribution < 1.29 is 0 Å². The third-order valence-electron chi connectivity index (χ3n) is 3.69. The first-order valence-electron chi connectivity index (χ1n) is 5.72. The van der Waals surface area contributed by atoms with E-state index in [0.29, 0.717) is 0 Å². The fourth-order valence-corrected chi connectivity index (χ4v) is 3.35. The zero-order valence-electron chi connectivity index (χ0n) is 8.34. The average Bonchev–Trinajstić information content (AvgIpc) is 2.62.